The summed E-state index contributed by atoms with van der Waals surface area (Å²) in [5, 5.41) is 0. The molecule has 0 amide bonds. The van der Waals surface area contributed by atoms with Crippen molar-refractivity contribution in [3.63, 3.8) is 0 Å². The van der Waals surface area contributed by atoms with Crippen molar-refractivity contribution in [3.05, 3.63) is 65.2 Å². The Morgan fingerprint density at radius 2 is 1.57 bits per heavy atom. The van der Waals surface area contributed by atoms with Gasteiger partial charge in [-0.2, -0.15) is 0 Å². The fourth-order valence-corrected chi connectivity index (χ4v) is 2.09. The van der Waals surface area contributed by atoms with Crippen LogP contribution in [0.5, 0.6) is 5.75 Å². The monoisotopic (exact) mass is 292 g/mol. The van der Waals surface area contributed by atoms with Gasteiger partial charge in [-0.05, 0) is 49.2 Å². The zero-order chi connectivity index (χ0) is 15.4. The predicted molar refractivity (Wildman–Crippen MR) is 77.7 cm³/mol. The highest BCUT2D eigenvalue weighted by molar-refractivity contribution is 5.35. The standard InChI is InChI=1S/C16H18F2N2O/c1-10(2)21-13-6-3-11(4-7-13)16(20-19)12-5-8-14(17)15(18)9-12/h3-10,16,20H,19H2,1-2H3. The predicted octanol–water partition coefficient (Wildman–Crippen LogP) is 3.30. The van der Waals surface area contributed by atoms with Crippen molar-refractivity contribution >= 4 is 0 Å². The summed E-state index contributed by atoms with van der Waals surface area (Å²) in [4.78, 5) is 0. The molecule has 3 N–H and O–H groups in total. The molecule has 1 unspecified atom stereocenters. The van der Waals surface area contributed by atoms with Crippen LogP contribution in [0.15, 0.2) is 42.5 Å². The third-order valence-corrected chi connectivity index (χ3v) is 3.03. The molecule has 2 rings (SSSR count). The topological polar surface area (TPSA) is 47.3 Å². The largest absolute Gasteiger partial charge is 0.491 e. The average molecular weight is 292 g/mol. The molecule has 0 radical (unpaired) electrons. The summed E-state index contributed by atoms with van der Waals surface area (Å²) < 4.78 is 31.9. The summed E-state index contributed by atoms with van der Waals surface area (Å²) in [5.74, 6) is 4.52. The lowest BCUT2D eigenvalue weighted by Crippen LogP contribution is -2.29. The van der Waals surface area contributed by atoms with Crippen molar-refractivity contribution in [2.45, 2.75) is 26.0 Å². The van der Waals surface area contributed by atoms with E-state index in [1.165, 1.54) is 6.07 Å². The minimum Gasteiger partial charge on any atom is -0.491 e. The molecule has 0 fully saturated rings. The molecule has 0 aliphatic rings. The van der Waals surface area contributed by atoms with Gasteiger partial charge in [0.25, 0.3) is 0 Å². The second kappa shape index (κ2) is 6.65. The lowest BCUT2D eigenvalue weighted by Gasteiger charge is -2.18. The van der Waals surface area contributed by atoms with Gasteiger partial charge in [-0.25, -0.2) is 14.2 Å². The van der Waals surface area contributed by atoms with E-state index in [1.807, 2.05) is 38.1 Å². The highest BCUT2D eigenvalue weighted by Crippen LogP contribution is 2.25. The maximum Gasteiger partial charge on any atom is 0.159 e. The van der Waals surface area contributed by atoms with Gasteiger partial charge in [0.2, 0.25) is 0 Å². The van der Waals surface area contributed by atoms with Crippen molar-refractivity contribution in [1.82, 2.24) is 5.43 Å². The van der Waals surface area contributed by atoms with Crippen LogP contribution in [-0.4, -0.2) is 6.10 Å². The van der Waals surface area contributed by atoms with Crippen LogP contribution in [0.4, 0.5) is 8.78 Å². The van der Waals surface area contributed by atoms with Crippen LogP contribution < -0.4 is 16.0 Å². The van der Waals surface area contributed by atoms with Gasteiger partial charge in [-0.15, -0.1) is 0 Å². The van der Waals surface area contributed by atoms with Gasteiger partial charge in [0.15, 0.2) is 11.6 Å². The van der Waals surface area contributed by atoms with Crippen LogP contribution in [0.1, 0.15) is 31.0 Å². The second-order valence-corrected chi connectivity index (χ2v) is 5.01. The Balaban J connectivity index is 2.26. The van der Waals surface area contributed by atoms with Crippen molar-refractivity contribution in [3.8, 4) is 5.75 Å². The zero-order valence-electron chi connectivity index (χ0n) is 11.9. The fourth-order valence-electron chi connectivity index (χ4n) is 2.09. The van der Waals surface area contributed by atoms with E-state index in [1.54, 1.807) is 0 Å². The molecule has 0 saturated heterocycles. The molecular weight excluding hydrogens is 274 g/mol. The molecule has 0 spiro atoms. The number of hydrazine groups is 1. The number of rotatable bonds is 5. The first-order chi connectivity index (χ1) is 10.0. The van der Waals surface area contributed by atoms with Crippen molar-refractivity contribution in [2.24, 2.45) is 5.84 Å². The molecule has 0 aliphatic heterocycles. The van der Waals surface area contributed by atoms with E-state index in [0.29, 0.717) is 5.56 Å². The Bertz CT molecular complexity index is 600. The Hall–Kier alpha value is -1.98. The highest BCUT2D eigenvalue weighted by Gasteiger charge is 2.14. The molecule has 1 atom stereocenters. The van der Waals surface area contributed by atoms with Gasteiger partial charge in [-0.1, -0.05) is 18.2 Å². The van der Waals surface area contributed by atoms with Crippen LogP contribution in [0.3, 0.4) is 0 Å². The Morgan fingerprint density at radius 1 is 0.952 bits per heavy atom. The van der Waals surface area contributed by atoms with Crippen LogP contribution in [0.2, 0.25) is 0 Å². The minimum absolute atomic E-state index is 0.0884. The molecule has 21 heavy (non-hydrogen) atoms. The molecule has 5 heteroatoms. The number of benzene rings is 2. The van der Waals surface area contributed by atoms with E-state index < -0.39 is 17.7 Å². The van der Waals surface area contributed by atoms with Crippen molar-refractivity contribution < 1.29 is 13.5 Å². The summed E-state index contributed by atoms with van der Waals surface area (Å²) in [6.07, 6.45) is 0.0884. The zero-order valence-corrected chi connectivity index (χ0v) is 11.9. The normalized spacial score (nSPS) is 12.5. The molecular formula is C16H18F2N2O. The first-order valence-corrected chi connectivity index (χ1v) is 6.69. The summed E-state index contributed by atoms with van der Waals surface area (Å²) in [6.45, 7) is 3.89. The van der Waals surface area contributed by atoms with E-state index in [9.17, 15) is 8.78 Å². The van der Waals surface area contributed by atoms with E-state index in [4.69, 9.17) is 10.6 Å². The molecule has 0 aliphatic carbocycles. The second-order valence-electron chi connectivity index (χ2n) is 5.01. The Kier molecular flexibility index (Phi) is 4.88. The van der Waals surface area contributed by atoms with E-state index in [0.717, 1.165) is 23.4 Å². The van der Waals surface area contributed by atoms with Crippen LogP contribution in [0, 0.1) is 11.6 Å². The summed E-state index contributed by atoms with van der Waals surface area (Å²) in [5.41, 5.74) is 3.99. The maximum atomic E-state index is 13.3. The van der Waals surface area contributed by atoms with Gasteiger partial charge >= 0.3 is 0 Å². The molecule has 0 heterocycles. The SMILES string of the molecule is CC(C)Oc1ccc(C(NN)c2ccc(F)c(F)c2)cc1. The molecule has 0 bridgehead atoms. The number of hydrogen-bond donors (Lipinski definition) is 2. The average Bonchev–Trinajstić information content (AvgIpc) is 2.45. The van der Waals surface area contributed by atoms with Crippen molar-refractivity contribution in [1.29, 1.82) is 0 Å². The van der Waals surface area contributed by atoms with E-state index >= 15 is 0 Å². The van der Waals surface area contributed by atoms with Crippen molar-refractivity contribution in [2.75, 3.05) is 0 Å². The van der Waals surface area contributed by atoms with Gasteiger partial charge in [0, 0.05) is 0 Å². The number of nitrogens with one attached hydrogen (secondary N) is 1. The van der Waals surface area contributed by atoms with Crippen LogP contribution in [0.25, 0.3) is 0 Å². The van der Waals surface area contributed by atoms with Gasteiger partial charge in [0.1, 0.15) is 5.75 Å². The molecule has 2 aromatic rings. The van der Waals surface area contributed by atoms with Crippen LogP contribution >= 0.6 is 0 Å². The maximum absolute atomic E-state index is 13.3. The van der Waals surface area contributed by atoms with Gasteiger partial charge in [0.05, 0.1) is 12.1 Å². The Morgan fingerprint density at radius 3 is 2.10 bits per heavy atom. The van der Waals surface area contributed by atoms with Gasteiger partial charge < -0.3 is 4.74 Å². The van der Waals surface area contributed by atoms with Crippen LogP contribution in [-0.2, 0) is 0 Å². The molecule has 0 saturated carbocycles. The summed E-state index contributed by atoms with van der Waals surface area (Å²) in [7, 11) is 0. The van der Waals surface area contributed by atoms with Gasteiger partial charge in [-0.3, -0.25) is 5.84 Å². The number of hydrogen-bond acceptors (Lipinski definition) is 3. The number of nitrogens with two attached hydrogens (primary N) is 1. The molecule has 0 aromatic heterocycles. The quantitative estimate of drug-likeness (QED) is 0.656. The lowest BCUT2D eigenvalue weighted by molar-refractivity contribution is 0.242. The molecule has 112 valence electrons. The summed E-state index contributed by atoms with van der Waals surface area (Å²) >= 11 is 0. The third-order valence-electron chi connectivity index (χ3n) is 3.03. The highest BCUT2D eigenvalue weighted by atomic mass is 19.2. The smallest absolute Gasteiger partial charge is 0.159 e. The number of ether oxygens (including phenoxy) is 1. The third kappa shape index (κ3) is 3.77. The first kappa shape index (κ1) is 15.4. The lowest BCUT2D eigenvalue weighted by atomic mass is 9.99. The van der Waals surface area contributed by atoms with E-state index in [2.05, 4.69) is 5.43 Å². The van der Waals surface area contributed by atoms with E-state index in [-0.39, 0.29) is 6.10 Å². The first-order valence-electron chi connectivity index (χ1n) is 6.69. The minimum atomic E-state index is -0.896. The molecule has 3 nitrogen and oxygen atoms in total. The number of halogens is 2. The fraction of sp³-hybridized carbons (Fsp3) is 0.250. The molecule has 2 aromatic carbocycles. The summed E-state index contributed by atoms with van der Waals surface area (Å²) in [6, 6.07) is 10.6. The Labute approximate surface area is 122 Å².